The summed E-state index contributed by atoms with van der Waals surface area (Å²) in [5, 5.41) is 0. The molecule has 0 atom stereocenters. The van der Waals surface area contributed by atoms with Gasteiger partial charge >= 0.3 is 0 Å². The Morgan fingerprint density at radius 1 is 1.00 bits per heavy atom. The summed E-state index contributed by atoms with van der Waals surface area (Å²) in [6.07, 6.45) is 1.11. The van der Waals surface area contributed by atoms with Crippen LogP contribution in [0.5, 0.6) is 5.75 Å². The highest BCUT2D eigenvalue weighted by atomic mass is 16.5. The molecule has 0 unspecified atom stereocenters. The van der Waals surface area contributed by atoms with Gasteiger partial charge in [0.2, 0.25) is 0 Å². The minimum absolute atomic E-state index is 0.193. The van der Waals surface area contributed by atoms with E-state index in [0.29, 0.717) is 6.54 Å². The Bertz CT molecular complexity index is 534. The molecule has 2 aromatic rings. The van der Waals surface area contributed by atoms with Gasteiger partial charge in [-0.05, 0) is 55.6 Å². The molecule has 100 valence electrons. The van der Waals surface area contributed by atoms with Gasteiger partial charge in [0, 0.05) is 0 Å². The lowest BCUT2D eigenvalue weighted by Gasteiger charge is -2.11. The molecule has 0 amide bonds. The van der Waals surface area contributed by atoms with Gasteiger partial charge in [-0.2, -0.15) is 0 Å². The van der Waals surface area contributed by atoms with Crippen molar-refractivity contribution >= 4 is 0 Å². The summed E-state index contributed by atoms with van der Waals surface area (Å²) in [4.78, 5) is 0. The molecule has 2 N–H and O–H groups in total. The van der Waals surface area contributed by atoms with Gasteiger partial charge in [0.25, 0.3) is 0 Å². The van der Waals surface area contributed by atoms with Gasteiger partial charge in [-0.25, -0.2) is 0 Å². The monoisotopic (exact) mass is 255 g/mol. The fraction of sp³-hybridized carbons (Fsp3) is 0.294. The molecule has 0 aliphatic heterocycles. The van der Waals surface area contributed by atoms with Crippen LogP contribution < -0.4 is 10.5 Å². The molecule has 2 nitrogen and oxygen atoms in total. The summed E-state index contributed by atoms with van der Waals surface area (Å²) in [7, 11) is 0. The number of hydrogen-bond acceptors (Lipinski definition) is 2. The van der Waals surface area contributed by atoms with Gasteiger partial charge in [0.1, 0.15) is 5.75 Å². The number of rotatable bonds is 5. The molecule has 0 aromatic heterocycles. The van der Waals surface area contributed by atoms with Crippen LogP contribution >= 0.6 is 0 Å². The molecular formula is C17H21NO. The van der Waals surface area contributed by atoms with Crippen LogP contribution in [0.25, 0.3) is 11.1 Å². The predicted octanol–water partition coefficient (Wildman–Crippen LogP) is 3.64. The normalized spacial score (nSPS) is 10.7. The van der Waals surface area contributed by atoms with E-state index in [1.165, 1.54) is 16.7 Å². The zero-order valence-corrected chi connectivity index (χ0v) is 11.6. The van der Waals surface area contributed by atoms with E-state index in [2.05, 4.69) is 36.4 Å². The van der Waals surface area contributed by atoms with Crippen molar-refractivity contribution in [1.82, 2.24) is 0 Å². The van der Waals surface area contributed by atoms with Crippen molar-refractivity contribution in [2.24, 2.45) is 5.73 Å². The maximum atomic E-state index is 5.73. The van der Waals surface area contributed by atoms with Crippen LogP contribution in [0.2, 0.25) is 0 Å². The molecule has 0 spiro atoms. The first-order valence-electron chi connectivity index (χ1n) is 6.75. The SMILES string of the molecule is CC(C)Oc1cccc(-c2cccc(CCN)c2)c1. The van der Waals surface area contributed by atoms with Crippen LogP contribution in [0, 0.1) is 0 Å². The Kier molecular flexibility index (Phi) is 4.58. The van der Waals surface area contributed by atoms with Gasteiger partial charge < -0.3 is 10.5 Å². The lowest BCUT2D eigenvalue weighted by molar-refractivity contribution is 0.242. The second-order valence-corrected chi connectivity index (χ2v) is 4.93. The summed E-state index contributed by atoms with van der Waals surface area (Å²) in [5.41, 5.74) is 9.27. The molecule has 2 heteroatoms. The van der Waals surface area contributed by atoms with Crippen LogP contribution in [0.1, 0.15) is 19.4 Å². The average Bonchev–Trinajstić information content (AvgIpc) is 2.39. The van der Waals surface area contributed by atoms with Crippen LogP contribution in [-0.4, -0.2) is 12.6 Å². The summed E-state index contributed by atoms with van der Waals surface area (Å²) >= 11 is 0. The number of ether oxygens (including phenoxy) is 1. The van der Waals surface area contributed by atoms with E-state index in [1.807, 2.05) is 26.0 Å². The van der Waals surface area contributed by atoms with E-state index in [4.69, 9.17) is 10.5 Å². The van der Waals surface area contributed by atoms with Crippen molar-refractivity contribution in [2.75, 3.05) is 6.54 Å². The second-order valence-electron chi connectivity index (χ2n) is 4.93. The fourth-order valence-electron chi connectivity index (χ4n) is 2.09. The van der Waals surface area contributed by atoms with Crippen LogP contribution in [-0.2, 0) is 6.42 Å². The van der Waals surface area contributed by atoms with E-state index >= 15 is 0 Å². The van der Waals surface area contributed by atoms with Gasteiger partial charge in [0.05, 0.1) is 6.10 Å². The minimum atomic E-state index is 0.193. The number of hydrogen-bond donors (Lipinski definition) is 1. The Morgan fingerprint density at radius 2 is 1.68 bits per heavy atom. The number of nitrogens with two attached hydrogens (primary N) is 1. The van der Waals surface area contributed by atoms with Gasteiger partial charge in [0.15, 0.2) is 0 Å². The quantitative estimate of drug-likeness (QED) is 0.885. The zero-order chi connectivity index (χ0) is 13.7. The molecule has 0 fully saturated rings. The smallest absolute Gasteiger partial charge is 0.120 e. The Hall–Kier alpha value is -1.80. The van der Waals surface area contributed by atoms with Crippen LogP contribution in [0.3, 0.4) is 0 Å². The topological polar surface area (TPSA) is 35.2 Å². The molecule has 0 saturated carbocycles. The fourth-order valence-corrected chi connectivity index (χ4v) is 2.09. The molecular weight excluding hydrogens is 234 g/mol. The number of benzene rings is 2. The van der Waals surface area contributed by atoms with Crippen molar-refractivity contribution in [3.8, 4) is 16.9 Å². The summed E-state index contributed by atoms with van der Waals surface area (Å²) < 4.78 is 5.73. The Labute approximate surface area is 115 Å². The van der Waals surface area contributed by atoms with Crippen molar-refractivity contribution in [3.05, 3.63) is 54.1 Å². The third kappa shape index (κ3) is 3.83. The van der Waals surface area contributed by atoms with E-state index in [1.54, 1.807) is 0 Å². The first kappa shape index (κ1) is 13.6. The average molecular weight is 255 g/mol. The molecule has 2 aromatic carbocycles. The standard InChI is InChI=1S/C17H21NO/c1-13(2)19-17-8-4-7-16(12-17)15-6-3-5-14(11-15)9-10-18/h3-8,11-13H,9-10,18H2,1-2H3. The van der Waals surface area contributed by atoms with Crippen molar-refractivity contribution in [1.29, 1.82) is 0 Å². The highest BCUT2D eigenvalue weighted by Crippen LogP contribution is 2.25. The van der Waals surface area contributed by atoms with E-state index in [-0.39, 0.29) is 6.10 Å². The lowest BCUT2D eigenvalue weighted by Crippen LogP contribution is -2.05. The summed E-state index contributed by atoms with van der Waals surface area (Å²) in [6.45, 7) is 4.75. The first-order valence-corrected chi connectivity index (χ1v) is 6.75. The first-order chi connectivity index (χ1) is 9.19. The van der Waals surface area contributed by atoms with Crippen molar-refractivity contribution < 1.29 is 4.74 Å². The summed E-state index contributed by atoms with van der Waals surface area (Å²) in [6, 6.07) is 16.7. The molecule has 0 aliphatic carbocycles. The predicted molar refractivity (Wildman–Crippen MR) is 80.4 cm³/mol. The molecule has 0 aliphatic rings. The van der Waals surface area contributed by atoms with E-state index in [0.717, 1.165) is 12.2 Å². The molecule has 0 radical (unpaired) electrons. The van der Waals surface area contributed by atoms with Crippen molar-refractivity contribution in [2.45, 2.75) is 26.4 Å². The Morgan fingerprint density at radius 3 is 2.37 bits per heavy atom. The Balaban J connectivity index is 2.28. The van der Waals surface area contributed by atoms with Crippen molar-refractivity contribution in [3.63, 3.8) is 0 Å². The highest BCUT2D eigenvalue weighted by molar-refractivity contribution is 5.65. The third-order valence-electron chi connectivity index (χ3n) is 2.90. The van der Waals surface area contributed by atoms with E-state index in [9.17, 15) is 0 Å². The lowest BCUT2D eigenvalue weighted by atomic mass is 10.0. The minimum Gasteiger partial charge on any atom is -0.491 e. The second kappa shape index (κ2) is 6.39. The van der Waals surface area contributed by atoms with Gasteiger partial charge in [-0.3, -0.25) is 0 Å². The van der Waals surface area contributed by atoms with Gasteiger partial charge in [-0.1, -0.05) is 36.4 Å². The zero-order valence-electron chi connectivity index (χ0n) is 11.6. The molecule has 19 heavy (non-hydrogen) atoms. The largest absolute Gasteiger partial charge is 0.491 e. The maximum absolute atomic E-state index is 5.73. The molecule has 0 saturated heterocycles. The maximum Gasteiger partial charge on any atom is 0.120 e. The summed E-state index contributed by atoms with van der Waals surface area (Å²) in [5.74, 6) is 0.914. The van der Waals surface area contributed by atoms with Gasteiger partial charge in [-0.15, -0.1) is 0 Å². The van der Waals surface area contributed by atoms with Crippen LogP contribution in [0.4, 0.5) is 0 Å². The highest BCUT2D eigenvalue weighted by Gasteiger charge is 2.02. The molecule has 0 bridgehead atoms. The van der Waals surface area contributed by atoms with E-state index < -0.39 is 0 Å². The van der Waals surface area contributed by atoms with Crippen LogP contribution in [0.15, 0.2) is 48.5 Å². The molecule has 0 heterocycles. The third-order valence-corrected chi connectivity index (χ3v) is 2.90. The molecule has 2 rings (SSSR count).